The number of rotatable bonds is 6. The molecule has 0 saturated carbocycles. The number of hydrogen-bond donors (Lipinski definition) is 1. The Hall–Kier alpha value is -2.67. The zero-order chi connectivity index (χ0) is 18.9. The Morgan fingerprint density at radius 2 is 1.88 bits per heavy atom. The van der Waals surface area contributed by atoms with Crippen LogP contribution in [-0.2, 0) is 10.0 Å². The van der Waals surface area contributed by atoms with Crippen molar-refractivity contribution >= 4 is 38.1 Å². The van der Waals surface area contributed by atoms with Crippen LogP contribution in [0.25, 0.3) is 16.4 Å². The molecule has 1 amide bonds. The van der Waals surface area contributed by atoms with E-state index in [4.69, 9.17) is 0 Å². The molecule has 7 heteroatoms. The molecule has 0 aliphatic heterocycles. The molecule has 0 bridgehead atoms. The Labute approximate surface area is 151 Å². The molecule has 0 atom stereocenters. The monoisotopic (exact) mass is 372 g/mol. The molecular formula is C19H20N2O4S. The smallest absolute Gasteiger partial charge is 0.267 e. The Balaban J connectivity index is 2.15. The molecular weight excluding hydrogens is 352 g/mol. The van der Waals surface area contributed by atoms with E-state index in [1.54, 1.807) is 40.9 Å². The van der Waals surface area contributed by atoms with Crippen LogP contribution in [0, 0.1) is 0 Å². The van der Waals surface area contributed by atoms with Crippen molar-refractivity contribution in [2.75, 3.05) is 5.75 Å². The highest BCUT2D eigenvalue weighted by Crippen LogP contribution is 2.28. The lowest BCUT2D eigenvalue weighted by Gasteiger charge is -2.06. The van der Waals surface area contributed by atoms with Crippen LogP contribution in [0.4, 0.5) is 0 Å². The topological polar surface area (TPSA) is 84.7 Å². The van der Waals surface area contributed by atoms with Gasteiger partial charge in [-0.25, -0.2) is 13.1 Å². The van der Waals surface area contributed by atoms with Gasteiger partial charge in [0.05, 0.1) is 22.3 Å². The van der Waals surface area contributed by atoms with Gasteiger partial charge in [-0.1, -0.05) is 31.5 Å². The van der Waals surface area contributed by atoms with Crippen molar-refractivity contribution in [1.82, 2.24) is 9.12 Å². The number of carbonyl (C=O) groups is 2. The summed E-state index contributed by atoms with van der Waals surface area (Å²) < 4.78 is 28.2. The molecule has 26 heavy (non-hydrogen) atoms. The average molecular weight is 372 g/mol. The molecule has 0 fully saturated rings. The zero-order valence-corrected chi connectivity index (χ0v) is 15.5. The first-order valence-corrected chi connectivity index (χ1v) is 10.1. The first-order valence-electron chi connectivity index (χ1n) is 8.42. The highest BCUT2D eigenvalue weighted by Gasteiger charge is 2.22. The number of nitrogens with zero attached hydrogens (tertiary/aromatic N) is 1. The maximum absolute atomic E-state index is 12.8. The molecule has 136 valence electrons. The SMILES string of the molecule is CCCCS(=O)(=O)NC(=O)c1c2ccc(C(C)=O)cc2n2ccccc12. The number of aromatic nitrogens is 1. The van der Waals surface area contributed by atoms with Gasteiger partial charge >= 0.3 is 0 Å². The first kappa shape index (κ1) is 18.1. The summed E-state index contributed by atoms with van der Waals surface area (Å²) in [4.78, 5) is 24.4. The van der Waals surface area contributed by atoms with Gasteiger partial charge in [0.15, 0.2) is 5.78 Å². The Kier molecular flexibility index (Phi) is 4.82. The van der Waals surface area contributed by atoms with Crippen LogP contribution >= 0.6 is 0 Å². The number of benzene rings is 1. The van der Waals surface area contributed by atoms with Gasteiger partial charge in [-0.3, -0.25) is 9.59 Å². The standard InChI is InChI=1S/C19H20N2O4S/c1-3-4-11-26(24,25)20-19(23)18-15-9-8-14(13(2)22)12-17(15)21-10-6-5-7-16(18)21/h5-10,12H,3-4,11H2,1-2H3,(H,20,23). The normalized spacial score (nSPS) is 11.8. The fourth-order valence-electron chi connectivity index (χ4n) is 2.97. The number of hydrogen-bond acceptors (Lipinski definition) is 4. The highest BCUT2D eigenvalue weighted by molar-refractivity contribution is 7.90. The van der Waals surface area contributed by atoms with Gasteiger partial charge in [-0.2, -0.15) is 0 Å². The minimum Gasteiger partial charge on any atom is -0.316 e. The predicted molar refractivity (Wildman–Crippen MR) is 101 cm³/mol. The van der Waals surface area contributed by atoms with Gasteiger partial charge < -0.3 is 4.40 Å². The van der Waals surface area contributed by atoms with E-state index in [-0.39, 0.29) is 17.1 Å². The van der Waals surface area contributed by atoms with Gasteiger partial charge in [-0.15, -0.1) is 0 Å². The molecule has 2 heterocycles. The second-order valence-electron chi connectivity index (χ2n) is 6.22. The summed E-state index contributed by atoms with van der Waals surface area (Å²) in [5, 5.41) is 0.601. The summed E-state index contributed by atoms with van der Waals surface area (Å²) >= 11 is 0. The number of fused-ring (bicyclic) bond motifs is 3. The van der Waals surface area contributed by atoms with Gasteiger partial charge in [0, 0.05) is 17.1 Å². The Morgan fingerprint density at radius 1 is 1.12 bits per heavy atom. The maximum atomic E-state index is 12.8. The molecule has 0 aliphatic carbocycles. The van der Waals surface area contributed by atoms with E-state index in [0.29, 0.717) is 28.4 Å². The van der Waals surface area contributed by atoms with Gasteiger partial charge in [0.25, 0.3) is 5.91 Å². The minimum atomic E-state index is -3.69. The second kappa shape index (κ2) is 6.92. The minimum absolute atomic E-state index is 0.0778. The third kappa shape index (κ3) is 3.35. The van der Waals surface area contributed by atoms with Crippen LogP contribution in [0.15, 0.2) is 42.6 Å². The van der Waals surface area contributed by atoms with E-state index in [1.165, 1.54) is 6.92 Å². The van der Waals surface area contributed by atoms with Crippen molar-refractivity contribution in [3.8, 4) is 0 Å². The number of unbranched alkanes of at least 4 members (excludes halogenated alkanes) is 1. The van der Waals surface area contributed by atoms with E-state index in [0.717, 1.165) is 6.42 Å². The van der Waals surface area contributed by atoms with Crippen LogP contribution in [0.2, 0.25) is 0 Å². The van der Waals surface area contributed by atoms with Crippen molar-refractivity contribution in [2.45, 2.75) is 26.7 Å². The first-order chi connectivity index (χ1) is 12.3. The third-order valence-corrected chi connectivity index (χ3v) is 5.61. The van der Waals surface area contributed by atoms with Gasteiger partial charge in [0.2, 0.25) is 10.0 Å². The molecule has 0 aliphatic rings. The van der Waals surface area contributed by atoms with Gasteiger partial charge in [-0.05, 0) is 31.5 Å². The molecule has 1 aromatic carbocycles. The number of Topliss-reactive ketones (excluding diaryl/α,β-unsaturated/α-hetero) is 1. The molecule has 0 saturated heterocycles. The molecule has 6 nitrogen and oxygen atoms in total. The largest absolute Gasteiger partial charge is 0.316 e. The summed E-state index contributed by atoms with van der Waals surface area (Å²) in [6.45, 7) is 3.36. The number of ketones is 1. The van der Waals surface area contributed by atoms with Gasteiger partial charge in [0.1, 0.15) is 0 Å². The summed E-state index contributed by atoms with van der Waals surface area (Å²) in [5.41, 5.74) is 2.09. The molecule has 2 aromatic heterocycles. The second-order valence-corrected chi connectivity index (χ2v) is 8.06. The van der Waals surface area contributed by atoms with Crippen LogP contribution in [0.1, 0.15) is 47.4 Å². The van der Waals surface area contributed by atoms with Crippen LogP contribution in [0.3, 0.4) is 0 Å². The van der Waals surface area contributed by atoms with E-state index >= 15 is 0 Å². The lowest BCUT2D eigenvalue weighted by molar-refractivity contribution is 0.0982. The molecule has 0 radical (unpaired) electrons. The van der Waals surface area contributed by atoms with Crippen molar-refractivity contribution in [2.24, 2.45) is 0 Å². The number of nitrogens with one attached hydrogen (secondary N) is 1. The van der Waals surface area contributed by atoms with Crippen LogP contribution in [-0.4, -0.2) is 30.3 Å². The molecule has 0 spiro atoms. The Bertz CT molecular complexity index is 1110. The Morgan fingerprint density at radius 3 is 2.58 bits per heavy atom. The number of pyridine rings is 1. The zero-order valence-electron chi connectivity index (χ0n) is 14.7. The van der Waals surface area contributed by atoms with E-state index in [9.17, 15) is 18.0 Å². The van der Waals surface area contributed by atoms with E-state index < -0.39 is 15.9 Å². The summed E-state index contributed by atoms with van der Waals surface area (Å²) in [7, 11) is -3.69. The fraction of sp³-hybridized carbons (Fsp3) is 0.263. The number of amides is 1. The molecule has 1 N–H and O–H groups in total. The molecule has 0 unspecified atom stereocenters. The summed E-state index contributed by atoms with van der Waals surface area (Å²) in [5.74, 6) is -0.825. The molecule has 3 rings (SSSR count). The predicted octanol–water partition coefficient (Wildman–Crippen LogP) is 3.15. The van der Waals surface area contributed by atoms with Crippen molar-refractivity contribution in [3.63, 3.8) is 0 Å². The van der Waals surface area contributed by atoms with Crippen molar-refractivity contribution < 1.29 is 18.0 Å². The summed E-state index contributed by atoms with van der Waals surface area (Å²) in [6.07, 6.45) is 2.99. The van der Waals surface area contributed by atoms with E-state index in [2.05, 4.69) is 4.72 Å². The average Bonchev–Trinajstić information content (AvgIpc) is 2.93. The van der Waals surface area contributed by atoms with Crippen LogP contribution < -0.4 is 4.72 Å². The quantitative estimate of drug-likeness (QED) is 0.674. The lowest BCUT2D eigenvalue weighted by Crippen LogP contribution is -2.32. The van der Waals surface area contributed by atoms with Crippen LogP contribution in [0.5, 0.6) is 0 Å². The van der Waals surface area contributed by atoms with E-state index in [1.807, 2.05) is 13.0 Å². The maximum Gasteiger partial charge on any atom is 0.267 e. The summed E-state index contributed by atoms with van der Waals surface area (Å²) in [6, 6.07) is 10.4. The highest BCUT2D eigenvalue weighted by atomic mass is 32.2. The number of carbonyl (C=O) groups excluding carboxylic acids is 2. The van der Waals surface area contributed by atoms with Crippen molar-refractivity contribution in [1.29, 1.82) is 0 Å². The van der Waals surface area contributed by atoms with Crippen molar-refractivity contribution in [3.05, 3.63) is 53.7 Å². The number of sulfonamides is 1. The fourth-order valence-corrected chi connectivity index (χ4v) is 4.13. The molecule has 3 aromatic rings. The lowest BCUT2D eigenvalue weighted by atomic mass is 10.1. The third-order valence-electron chi connectivity index (χ3n) is 4.29.